The summed E-state index contributed by atoms with van der Waals surface area (Å²) in [4.78, 5) is 0. The summed E-state index contributed by atoms with van der Waals surface area (Å²) in [6.07, 6.45) is 1.16. The number of hydrogen-bond donors (Lipinski definition) is 0. The Hall–Kier alpha value is 0.454. The van der Waals surface area contributed by atoms with Crippen molar-refractivity contribution in [1.82, 2.24) is 0 Å². The average Bonchev–Trinajstić information content (AvgIpc) is 2.14. The molecule has 0 atom stereocenters. The molecule has 0 aliphatic rings. The van der Waals surface area contributed by atoms with Crippen LogP contribution in [0.3, 0.4) is 0 Å². The topological polar surface area (TPSA) is 0 Å². The maximum atomic E-state index is 2.16. The van der Waals surface area contributed by atoms with E-state index >= 15 is 0 Å². The van der Waals surface area contributed by atoms with Crippen molar-refractivity contribution in [3.63, 3.8) is 0 Å². The van der Waals surface area contributed by atoms with E-state index in [0.717, 1.165) is 6.42 Å². The van der Waals surface area contributed by atoms with Gasteiger partial charge < -0.3 is 0 Å². The Balaban J connectivity index is 0.000000490. The smallest absolute Gasteiger partial charge is 0.213 e. The summed E-state index contributed by atoms with van der Waals surface area (Å²) in [6.45, 7) is 2.16. The van der Waals surface area contributed by atoms with Gasteiger partial charge in [-0.3, -0.25) is 0 Å². The van der Waals surface area contributed by atoms with Crippen LogP contribution in [0.1, 0.15) is 12.5 Å². The van der Waals surface area contributed by atoms with Crippen LogP contribution in [0.4, 0.5) is 0 Å². The van der Waals surface area contributed by atoms with Crippen molar-refractivity contribution >= 4 is 0 Å². The van der Waals surface area contributed by atoms with Crippen molar-refractivity contribution in [2.24, 2.45) is 0 Å². The molecule has 0 unspecified atom stereocenters. The molecule has 0 nitrogen and oxygen atoms in total. The van der Waals surface area contributed by atoms with Crippen molar-refractivity contribution in [3.8, 4) is 0 Å². The first-order chi connectivity index (χ1) is 3.43. The van der Waals surface area contributed by atoms with Gasteiger partial charge in [0.05, 0.1) is 0 Å². The summed E-state index contributed by atoms with van der Waals surface area (Å²) >= 11 is 0. The zero-order chi connectivity index (χ0) is 5.11. The minimum Gasteiger partial charge on any atom is -0.213 e. The van der Waals surface area contributed by atoms with Gasteiger partial charge in [0.15, 0.2) is 0 Å². The predicted octanol–water partition coefficient (Wildman–Crippen LogP) is 1.97. The van der Waals surface area contributed by atoms with E-state index in [-0.39, 0.29) is 32.7 Å². The molecule has 0 heterocycles. The first-order valence-corrected chi connectivity index (χ1v) is 2.64. The molecule has 0 spiro atoms. The summed E-state index contributed by atoms with van der Waals surface area (Å²) in [5, 5.41) is 0. The normalized spacial score (nSPS) is 8.12. The molecule has 0 saturated carbocycles. The SMILES string of the molecule is CC[c-]1cccc1.[Y+3]. The Morgan fingerprint density at radius 1 is 1.25 bits per heavy atom. The van der Waals surface area contributed by atoms with Crippen LogP contribution in [0.15, 0.2) is 24.3 Å². The third-order valence-electron chi connectivity index (χ3n) is 1.14. The molecule has 0 aromatic heterocycles. The molecule has 0 radical (unpaired) electrons. The molecule has 0 amide bonds. The summed E-state index contributed by atoms with van der Waals surface area (Å²) in [5.74, 6) is 0. The molecule has 0 saturated heterocycles. The van der Waals surface area contributed by atoms with Gasteiger partial charge in [-0.1, -0.05) is 13.3 Å². The Morgan fingerprint density at radius 3 is 2.00 bits per heavy atom. The monoisotopic (exact) mass is 182 g/mol. The molecule has 8 heavy (non-hydrogen) atoms. The van der Waals surface area contributed by atoms with Gasteiger partial charge in [-0.15, -0.1) is 0 Å². The van der Waals surface area contributed by atoms with Crippen LogP contribution in [-0.4, -0.2) is 0 Å². The number of hydrogen-bond acceptors (Lipinski definition) is 0. The van der Waals surface area contributed by atoms with E-state index in [4.69, 9.17) is 0 Å². The van der Waals surface area contributed by atoms with E-state index in [1.54, 1.807) is 0 Å². The maximum absolute atomic E-state index is 2.16. The van der Waals surface area contributed by atoms with E-state index in [0.29, 0.717) is 0 Å². The zero-order valence-corrected chi connectivity index (χ0v) is 7.93. The Labute approximate surface area is 75.5 Å². The molecule has 1 rings (SSSR count). The number of rotatable bonds is 1. The first-order valence-electron chi connectivity index (χ1n) is 2.64. The third kappa shape index (κ3) is 2.15. The number of aryl methyl sites for hydroxylation is 1. The van der Waals surface area contributed by atoms with Crippen LogP contribution in [0.5, 0.6) is 0 Å². The standard InChI is InChI=1S/C7H9.Y/c1-2-7-5-3-4-6-7;/h3-6H,2H2,1H3;/q-1;+3. The Morgan fingerprint density at radius 2 is 1.75 bits per heavy atom. The van der Waals surface area contributed by atoms with E-state index in [2.05, 4.69) is 31.2 Å². The molecule has 1 heteroatoms. The molecule has 0 fully saturated rings. The van der Waals surface area contributed by atoms with Gasteiger partial charge in [-0.05, 0) is 0 Å². The first kappa shape index (κ1) is 8.45. The largest absolute Gasteiger partial charge is 3.00 e. The third-order valence-corrected chi connectivity index (χ3v) is 1.14. The van der Waals surface area contributed by atoms with E-state index in [9.17, 15) is 0 Å². The second-order valence-corrected chi connectivity index (χ2v) is 1.65. The van der Waals surface area contributed by atoms with Gasteiger partial charge >= 0.3 is 32.7 Å². The van der Waals surface area contributed by atoms with Crippen molar-refractivity contribution in [3.05, 3.63) is 29.8 Å². The van der Waals surface area contributed by atoms with E-state index < -0.39 is 0 Å². The summed E-state index contributed by atoms with van der Waals surface area (Å²) in [7, 11) is 0. The Kier molecular flexibility index (Phi) is 4.59. The fraction of sp³-hybridized carbons (Fsp3) is 0.286. The van der Waals surface area contributed by atoms with Gasteiger partial charge in [0.25, 0.3) is 0 Å². The minimum atomic E-state index is 0. The Bertz CT molecular complexity index is 119. The second kappa shape index (κ2) is 4.34. The van der Waals surface area contributed by atoms with Crippen LogP contribution in [0.2, 0.25) is 0 Å². The van der Waals surface area contributed by atoms with Crippen LogP contribution in [0.25, 0.3) is 0 Å². The molecular formula is C7H9Y+2. The second-order valence-electron chi connectivity index (χ2n) is 1.65. The average molecular weight is 182 g/mol. The molecule has 0 aliphatic carbocycles. The zero-order valence-electron chi connectivity index (χ0n) is 5.09. The molecule has 0 bridgehead atoms. The van der Waals surface area contributed by atoms with Gasteiger partial charge in [-0.2, -0.15) is 17.7 Å². The fourth-order valence-corrected chi connectivity index (χ4v) is 0.650. The van der Waals surface area contributed by atoms with Crippen LogP contribution >= 0.6 is 0 Å². The van der Waals surface area contributed by atoms with Gasteiger partial charge in [0.2, 0.25) is 0 Å². The molecule has 0 aliphatic heterocycles. The summed E-state index contributed by atoms with van der Waals surface area (Å²) in [6, 6.07) is 8.41. The van der Waals surface area contributed by atoms with Crippen molar-refractivity contribution in [2.75, 3.05) is 0 Å². The quantitative estimate of drug-likeness (QED) is 0.582. The molecular weight excluding hydrogens is 173 g/mol. The molecule has 1 aromatic carbocycles. The molecule has 0 N–H and O–H groups in total. The summed E-state index contributed by atoms with van der Waals surface area (Å²) in [5.41, 5.74) is 1.43. The minimum absolute atomic E-state index is 0. The van der Waals surface area contributed by atoms with Crippen LogP contribution in [-0.2, 0) is 39.1 Å². The van der Waals surface area contributed by atoms with Gasteiger partial charge in [0, 0.05) is 0 Å². The maximum Gasteiger partial charge on any atom is 3.00 e. The fourth-order valence-electron chi connectivity index (χ4n) is 0.650. The van der Waals surface area contributed by atoms with Crippen LogP contribution in [0, 0.1) is 0 Å². The predicted molar refractivity (Wildman–Crippen MR) is 31.4 cm³/mol. The van der Waals surface area contributed by atoms with Crippen molar-refractivity contribution < 1.29 is 32.7 Å². The van der Waals surface area contributed by atoms with Crippen LogP contribution < -0.4 is 0 Å². The summed E-state index contributed by atoms with van der Waals surface area (Å²) < 4.78 is 0. The molecule has 38 valence electrons. The van der Waals surface area contributed by atoms with Crippen molar-refractivity contribution in [2.45, 2.75) is 13.3 Å². The van der Waals surface area contributed by atoms with E-state index in [1.807, 2.05) is 0 Å². The van der Waals surface area contributed by atoms with Crippen molar-refractivity contribution in [1.29, 1.82) is 0 Å². The van der Waals surface area contributed by atoms with Gasteiger partial charge in [-0.25, -0.2) is 12.1 Å². The van der Waals surface area contributed by atoms with E-state index in [1.165, 1.54) is 5.56 Å². The molecule has 1 aromatic rings. The van der Waals surface area contributed by atoms with Gasteiger partial charge in [0.1, 0.15) is 0 Å².